The molecule has 156 valence electrons. The molecule has 5 heteroatoms. The van der Waals surface area contributed by atoms with E-state index in [0.29, 0.717) is 12.5 Å². The largest absolute Gasteiger partial charge is 0.494 e. The van der Waals surface area contributed by atoms with E-state index in [1.807, 2.05) is 69.3 Å². The number of benzene rings is 2. The number of hydrogen-bond acceptors (Lipinski definition) is 3. The molecule has 0 saturated heterocycles. The Morgan fingerprint density at radius 2 is 1.73 bits per heavy atom. The van der Waals surface area contributed by atoms with Crippen LogP contribution in [-0.4, -0.2) is 17.6 Å². The van der Waals surface area contributed by atoms with Crippen LogP contribution in [0.1, 0.15) is 43.5 Å². The van der Waals surface area contributed by atoms with Gasteiger partial charge >= 0.3 is 6.03 Å². The van der Waals surface area contributed by atoms with Crippen molar-refractivity contribution in [3.8, 4) is 16.9 Å². The fourth-order valence-electron chi connectivity index (χ4n) is 3.32. The number of nitrogens with zero attached hydrogens (tertiary/aromatic N) is 1. The molecule has 2 aromatic carbocycles. The number of aromatic nitrogens is 1. The normalized spacial score (nSPS) is 10.7. The first-order valence-electron chi connectivity index (χ1n) is 10.3. The molecule has 0 radical (unpaired) electrons. The van der Waals surface area contributed by atoms with Crippen LogP contribution in [-0.2, 0) is 0 Å². The Balaban J connectivity index is 1.72. The number of pyridine rings is 1. The maximum Gasteiger partial charge on any atom is 0.323 e. The van der Waals surface area contributed by atoms with E-state index in [1.165, 1.54) is 0 Å². The highest BCUT2D eigenvalue weighted by Gasteiger charge is 2.13. The summed E-state index contributed by atoms with van der Waals surface area (Å²) in [6.07, 6.45) is 1.80. The van der Waals surface area contributed by atoms with Gasteiger partial charge in [-0.3, -0.25) is 4.98 Å². The van der Waals surface area contributed by atoms with Crippen LogP contribution in [0, 0.1) is 13.8 Å². The van der Waals surface area contributed by atoms with Crippen LogP contribution in [0.5, 0.6) is 5.75 Å². The van der Waals surface area contributed by atoms with Crippen molar-refractivity contribution >= 4 is 17.4 Å². The number of amides is 2. The summed E-state index contributed by atoms with van der Waals surface area (Å²) < 4.78 is 5.76. The molecule has 0 aliphatic heterocycles. The van der Waals surface area contributed by atoms with Gasteiger partial charge in [-0.05, 0) is 85.3 Å². The van der Waals surface area contributed by atoms with E-state index in [0.717, 1.165) is 45.1 Å². The van der Waals surface area contributed by atoms with Crippen molar-refractivity contribution in [2.45, 2.75) is 40.5 Å². The van der Waals surface area contributed by atoms with Gasteiger partial charge in [-0.15, -0.1) is 0 Å². The van der Waals surface area contributed by atoms with Crippen LogP contribution in [0.3, 0.4) is 0 Å². The highest BCUT2D eigenvalue weighted by Crippen LogP contribution is 2.32. The Morgan fingerprint density at radius 1 is 1.00 bits per heavy atom. The second kappa shape index (κ2) is 9.44. The van der Waals surface area contributed by atoms with E-state index in [4.69, 9.17) is 4.74 Å². The molecule has 0 aliphatic rings. The lowest BCUT2D eigenvalue weighted by atomic mass is 9.99. The first-order valence-corrected chi connectivity index (χ1v) is 10.3. The zero-order valence-corrected chi connectivity index (χ0v) is 18.2. The molecule has 0 aliphatic carbocycles. The summed E-state index contributed by atoms with van der Waals surface area (Å²) in [5, 5.41) is 5.87. The summed E-state index contributed by atoms with van der Waals surface area (Å²) in [4.78, 5) is 16.8. The number of urea groups is 1. The molecule has 0 saturated carbocycles. The first kappa shape index (κ1) is 21.4. The summed E-state index contributed by atoms with van der Waals surface area (Å²) in [6.45, 7) is 10.7. The molecule has 2 N–H and O–H groups in total. The maximum atomic E-state index is 12.6. The monoisotopic (exact) mass is 403 g/mol. The minimum absolute atomic E-state index is 0.274. The van der Waals surface area contributed by atoms with Gasteiger partial charge in [0.15, 0.2) is 0 Å². The summed E-state index contributed by atoms with van der Waals surface area (Å²) >= 11 is 0. The molecule has 0 unspecified atom stereocenters. The zero-order chi connectivity index (χ0) is 21.7. The van der Waals surface area contributed by atoms with Crippen LogP contribution >= 0.6 is 0 Å². The number of carbonyl (C=O) groups excluding carboxylic acids is 1. The Kier molecular flexibility index (Phi) is 6.72. The van der Waals surface area contributed by atoms with Crippen molar-refractivity contribution in [3.05, 3.63) is 71.5 Å². The lowest BCUT2D eigenvalue weighted by Crippen LogP contribution is -2.20. The Bertz CT molecular complexity index is 1030. The van der Waals surface area contributed by atoms with Crippen molar-refractivity contribution in [2.75, 3.05) is 17.2 Å². The summed E-state index contributed by atoms with van der Waals surface area (Å²) in [7, 11) is 0. The van der Waals surface area contributed by atoms with Gasteiger partial charge in [0, 0.05) is 23.3 Å². The van der Waals surface area contributed by atoms with E-state index >= 15 is 0 Å². The third-order valence-electron chi connectivity index (χ3n) is 4.90. The second-order valence-electron chi connectivity index (χ2n) is 7.64. The highest BCUT2D eigenvalue weighted by atomic mass is 16.5. The van der Waals surface area contributed by atoms with Crippen molar-refractivity contribution in [1.82, 2.24) is 4.98 Å². The third kappa shape index (κ3) is 5.17. The van der Waals surface area contributed by atoms with E-state index in [9.17, 15) is 4.79 Å². The standard InChI is InChI=1S/C25H29N3O2/c1-6-30-24-13-17(4)23(15-22(24)16(2)3)28-25(29)27-21-9-7-19(8-10-21)20-11-12-26-18(5)14-20/h7-16H,6H2,1-5H3,(H2,27,28,29). The number of rotatable bonds is 6. The van der Waals surface area contributed by atoms with Gasteiger partial charge in [0.05, 0.1) is 6.61 Å². The highest BCUT2D eigenvalue weighted by molar-refractivity contribution is 6.00. The van der Waals surface area contributed by atoms with Gasteiger partial charge in [-0.1, -0.05) is 26.0 Å². The molecule has 1 heterocycles. The molecule has 0 fully saturated rings. The molecule has 5 nitrogen and oxygen atoms in total. The van der Waals surface area contributed by atoms with Crippen molar-refractivity contribution in [1.29, 1.82) is 0 Å². The Morgan fingerprint density at radius 3 is 2.37 bits per heavy atom. The van der Waals surface area contributed by atoms with Crippen molar-refractivity contribution < 1.29 is 9.53 Å². The molecule has 0 spiro atoms. The molecule has 1 aromatic heterocycles. The number of anilines is 2. The van der Waals surface area contributed by atoms with Crippen LogP contribution in [0.15, 0.2) is 54.7 Å². The van der Waals surface area contributed by atoms with Crippen LogP contribution in [0.4, 0.5) is 16.2 Å². The Labute approximate surface area is 178 Å². The lowest BCUT2D eigenvalue weighted by Gasteiger charge is -2.18. The van der Waals surface area contributed by atoms with Crippen LogP contribution < -0.4 is 15.4 Å². The quantitative estimate of drug-likeness (QED) is 0.492. The van der Waals surface area contributed by atoms with Gasteiger partial charge in [0.2, 0.25) is 0 Å². The van der Waals surface area contributed by atoms with Gasteiger partial charge in [-0.25, -0.2) is 4.79 Å². The van der Waals surface area contributed by atoms with Crippen molar-refractivity contribution in [2.24, 2.45) is 0 Å². The van der Waals surface area contributed by atoms with Gasteiger partial charge < -0.3 is 15.4 Å². The molecule has 30 heavy (non-hydrogen) atoms. The summed E-state index contributed by atoms with van der Waals surface area (Å²) in [6, 6.07) is 15.5. The van der Waals surface area contributed by atoms with E-state index in [-0.39, 0.29) is 6.03 Å². The minimum atomic E-state index is -0.274. The molecule has 0 bridgehead atoms. The lowest BCUT2D eigenvalue weighted by molar-refractivity contribution is 0.262. The SMILES string of the molecule is CCOc1cc(C)c(NC(=O)Nc2ccc(-c3ccnc(C)c3)cc2)cc1C(C)C. The molecular formula is C25H29N3O2. The van der Waals surface area contributed by atoms with Crippen LogP contribution in [0.2, 0.25) is 0 Å². The molecule has 3 aromatic rings. The fourth-order valence-corrected chi connectivity index (χ4v) is 3.32. The molecule has 0 atom stereocenters. The summed E-state index contributed by atoms with van der Waals surface area (Å²) in [5.74, 6) is 1.16. The minimum Gasteiger partial charge on any atom is -0.494 e. The average Bonchev–Trinajstić information content (AvgIpc) is 2.70. The third-order valence-corrected chi connectivity index (χ3v) is 4.90. The first-order chi connectivity index (χ1) is 14.4. The van der Waals surface area contributed by atoms with Gasteiger partial charge in [0.25, 0.3) is 0 Å². The Hall–Kier alpha value is -3.34. The van der Waals surface area contributed by atoms with E-state index in [1.54, 1.807) is 6.20 Å². The average molecular weight is 404 g/mol. The molecular weight excluding hydrogens is 374 g/mol. The topological polar surface area (TPSA) is 63.2 Å². The van der Waals surface area contributed by atoms with E-state index < -0.39 is 0 Å². The molecule has 2 amide bonds. The summed E-state index contributed by atoms with van der Waals surface area (Å²) in [5.41, 5.74) is 6.70. The number of nitrogens with one attached hydrogen (secondary N) is 2. The van der Waals surface area contributed by atoms with Gasteiger partial charge in [0.1, 0.15) is 5.75 Å². The fraction of sp³-hybridized carbons (Fsp3) is 0.280. The predicted molar refractivity (Wildman–Crippen MR) is 123 cm³/mol. The second-order valence-corrected chi connectivity index (χ2v) is 7.64. The number of hydrogen-bond donors (Lipinski definition) is 2. The van der Waals surface area contributed by atoms with Crippen LogP contribution in [0.25, 0.3) is 11.1 Å². The van der Waals surface area contributed by atoms with Gasteiger partial charge in [-0.2, -0.15) is 0 Å². The smallest absolute Gasteiger partial charge is 0.323 e. The number of carbonyl (C=O) groups is 1. The number of aryl methyl sites for hydroxylation is 2. The van der Waals surface area contributed by atoms with Crippen molar-refractivity contribution in [3.63, 3.8) is 0 Å². The molecule has 3 rings (SSSR count). The predicted octanol–water partition coefficient (Wildman–Crippen LogP) is 6.53. The number of ether oxygens (including phenoxy) is 1. The maximum absolute atomic E-state index is 12.6. The zero-order valence-electron chi connectivity index (χ0n) is 18.2. The van der Waals surface area contributed by atoms with E-state index in [2.05, 4.69) is 29.5 Å².